The van der Waals surface area contributed by atoms with E-state index in [4.69, 9.17) is 0 Å². The molecule has 1 radical (unpaired) electrons. The van der Waals surface area contributed by atoms with Crippen LogP contribution in [0.3, 0.4) is 0 Å². The van der Waals surface area contributed by atoms with Gasteiger partial charge in [0, 0.05) is 0 Å². The summed E-state index contributed by atoms with van der Waals surface area (Å²) < 4.78 is 0. The molecule has 0 spiro atoms. The van der Waals surface area contributed by atoms with E-state index in [9.17, 15) is 0 Å². The van der Waals surface area contributed by atoms with Gasteiger partial charge in [0.1, 0.15) is 0 Å². The SMILES string of the molecule is [Cr+3].[OH-].[OH-].[OH-].[OH-].[OH-].[OH-].[OH-].[Zr+4]. The zero-order chi connectivity index (χ0) is 0. The van der Waals surface area contributed by atoms with Crippen LogP contribution in [-0.2, 0) is 43.6 Å². The fraction of sp³-hybridized carbons (Fsp3) is 0. The maximum atomic E-state index is 0. The third-order valence-corrected chi connectivity index (χ3v) is 0. The second-order valence-corrected chi connectivity index (χ2v) is 0. The molecule has 0 saturated heterocycles. The third-order valence-electron chi connectivity index (χ3n) is 0. The molecule has 0 atom stereocenters. The molecule has 0 amide bonds. The van der Waals surface area contributed by atoms with Gasteiger partial charge in [0.05, 0.1) is 0 Å². The Labute approximate surface area is 81.9 Å². The molecule has 0 aliphatic carbocycles. The quantitative estimate of drug-likeness (QED) is 0.516. The van der Waals surface area contributed by atoms with Crippen molar-refractivity contribution in [1.29, 1.82) is 0 Å². The Bertz CT molecular complexity index is 8.88. The molecule has 7 N–H and O–H groups in total. The first kappa shape index (κ1) is 656. The van der Waals surface area contributed by atoms with E-state index in [1.807, 2.05) is 0 Å². The van der Waals surface area contributed by atoms with Crippen LogP contribution in [0.4, 0.5) is 0 Å². The van der Waals surface area contributed by atoms with Gasteiger partial charge in [-0.3, -0.25) is 0 Å². The van der Waals surface area contributed by atoms with Crippen LogP contribution in [0.5, 0.6) is 0 Å². The van der Waals surface area contributed by atoms with E-state index < -0.39 is 0 Å². The fourth-order valence-corrected chi connectivity index (χ4v) is 0. The van der Waals surface area contributed by atoms with Gasteiger partial charge in [-0.2, -0.15) is 0 Å². The van der Waals surface area contributed by atoms with Crippen molar-refractivity contribution >= 4 is 0 Å². The zero-order valence-electron chi connectivity index (χ0n) is 4.04. The van der Waals surface area contributed by atoms with Gasteiger partial charge in [-0.05, 0) is 0 Å². The van der Waals surface area contributed by atoms with E-state index in [-0.39, 0.29) is 81.9 Å². The van der Waals surface area contributed by atoms with Crippen LogP contribution < -0.4 is 0 Å². The van der Waals surface area contributed by atoms with Crippen LogP contribution in [0.2, 0.25) is 0 Å². The molecular weight excluding hydrogens is 255 g/mol. The van der Waals surface area contributed by atoms with Crippen molar-refractivity contribution in [2.75, 3.05) is 0 Å². The fourth-order valence-electron chi connectivity index (χ4n) is 0. The predicted octanol–water partition coefficient (Wildman–Crippen LogP) is -1.24. The summed E-state index contributed by atoms with van der Waals surface area (Å²) in [6.45, 7) is 0. The summed E-state index contributed by atoms with van der Waals surface area (Å²) in [4.78, 5) is 0. The number of hydrogen-bond donors (Lipinski definition) is 0. The Morgan fingerprint density at radius 2 is 0.333 bits per heavy atom. The maximum absolute atomic E-state index is 0. The number of rotatable bonds is 0. The van der Waals surface area contributed by atoms with Gasteiger partial charge >= 0.3 is 43.6 Å². The minimum absolute atomic E-state index is 0. The first-order chi connectivity index (χ1) is 0. The van der Waals surface area contributed by atoms with Crippen molar-refractivity contribution in [1.82, 2.24) is 0 Å². The van der Waals surface area contributed by atoms with Crippen molar-refractivity contribution in [3.63, 3.8) is 0 Å². The van der Waals surface area contributed by atoms with Gasteiger partial charge in [0.2, 0.25) is 0 Å². The molecule has 0 bridgehead atoms. The second kappa shape index (κ2) is 469. The largest absolute Gasteiger partial charge is 4.00 e. The molecule has 9 heteroatoms. The molecule has 0 aromatic carbocycles. The molecule has 0 heterocycles. The molecule has 0 aliphatic heterocycles. The molecule has 0 saturated carbocycles. The molecule has 0 fully saturated rings. The van der Waals surface area contributed by atoms with Crippen LogP contribution in [0.25, 0.3) is 0 Å². The first-order valence-corrected chi connectivity index (χ1v) is 0. The standard InChI is InChI=1S/Cr.7H2O.Zr/h;7*1H2;/q+3;;;;;;;;+4/p-7. The van der Waals surface area contributed by atoms with Crippen molar-refractivity contribution in [2.45, 2.75) is 0 Å². The predicted molar refractivity (Wildman–Crippen MR) is 13.6 cm³/mol. The average Bonchev–Trinajstić information content (AvgIpc) is 0. The molecule has 0 unspecified atom stereocenters. The van der Waals surface area contributed by atoms with E-state index in [0.717, 1.165) is 0 Å². The summed E-state index contributed by atoms with van der Waals surface area (Å²) in [6, 6.07) is 0. The molecule has 9 heavy (non-hydrogen) atoms. The molecule has 7 nitrogen and oxygen atoms in total. The minimum atomic E-state index is 0. The molecule has 0 aromatic heterocycles. The van der Waals surface area contributed by atoms with Crippen LogP contribution >= 0.6 is 0 Å². The Morgan fingerprint density at radius 1 is 0.333 bits per heavy atom. The van der Waals surface area contributed by atoms with E-state index >= 15 is 0 Å². The van der Waals surface area contributed by atoms with E-state index in [1.165, 1.54) is 0 Å². The van der Waals surface area contributed by atoms with E-state index in [2.05, 4.69) is 0 Å². The summed E-state index contributed by atoms with van der Waals surface area (Å²) >= 11 is 0. The van der Waals surface area contributed by atoms with Crippen LogP contribution in [-0.4, -0.2) is 38.3 Å². The average molecular weight is 262 g/mol. The smallest absolute Gasteiger partial charge is 0.870 e. The molecular formula is H7CrO7Zr. The van der Waals surface area contributed by atoms with Crippen LogP contribution in [0.15, 0.2) is 0 Å². The summed E-state index contributed by atoms with van der Waals surface area (Å²) in [5.74, 6) is 0. The van der Waals surface area contributed by atoms with Crippen molar-refractivity contribution < 1.29 is 81.9 Å². The monoisotopic (exact) mass is 261 g/mol. The summed E-state index contributed by atoms with van der Waals surface area (Å²) in [7, 11) is 0. The van der Waals surface area contributed by atoms with Crippen molar-refractivity contribution in [3.8, 4) is 0 Å². The van der Waals surface area contributed by atoms with Crippen LogP contribution in [0.1, 0.15) is 0 Å². The van der Waals surface area contributed by atoms with E-state index in [1.54, 1.807) is 0 Å². The van der Waals surface area contributed by atoms with Gasteiger partial charge in [-0.1, -0.05) is 0 Å². The third kappa shape index (κ3) is 361. The number of hydrogen-bond acceptors (Lipinski definition) is 7. The first-order valence-electron chi connectivity index (χ1n) is 0. The Kier molecular flexibility index (Phi) is 34200. The van der Waals surface area contributed by atoms with Gasteiger partial charge in [0.25, 0.3) is 0 Å². The van der Waals surface area contributed by atoms with Gasteiger partial charge in [-0.25, -0.2) is 0 Å². The Hall–Kier alpha value is 1.14. The Morgan fingerprint density at radius 3 is 0.333 bits per heavy atom. The van der Waals surface area contributed by atoms with Gasteiger partial charge in [0.15, 0.2) is 0 Å². The zero-order valence-corrected chi connectivity index (χ0v) is 7.77. The molecule has 0 aliphatic rings. The molecule has 0 rings (SSSR count). The minimum Gasteiger partial charge on any atom is -0.870 e. The van der Waals surface area contributed by atoms with E-state index in [0.29, 0.717) is 0 Å². The molecule has 59 valence electrons. The summed E-state index contributed by atoms with van der Waals surface area (Å²) in [5.41, 5.74) is 0. The normalized spacial score (nSPS) is 0. The topological polar surface area (TPSA) is 210 Å². The Balaban J connectivity index is 0. The second-order valence-electron chi connectivity index (χ2n) is 0. The summed E-state index contributed by atoms with van der Waals surface area (Å²) in [5, 5.41) is 0. The van der Waals surface area contributed by atoms with Crippen LogP contribution in [0, 0.1) is 0 Å². The maximum Gasteiger partial charge on any atom is 4.00 e. The van der Waals surface area contributed by atoms with Gasteiger partial charge in [-0.15, -0.1) is 0 Å². The van der Waals surface area contributed by atoms with Crippen molar-refractivity contribution in [3.05, 3.63) is 0 Å². The van der Waals surface area contributed by atoms with Gasteiger partial charge < -0.3 is 38.3 Å². The summed E-state index contributed by atoms with van der Waals surface area (Å²) in [6.07, 6.45) is 0. The molecule has 0 aromatic rings. The van der Waals surface area contributed by atoms with Crippen molar-refractivity contribution in [2.24, 2.45) is 0 Å².